The third kappa shape index (κ3) is 3.93. The minimum absolute atomic E-state index is 0.114. The lowest BCUT2D eigenvalue weighted by molar-refractivity contribution is -0.116. The van der Waals surface area contributed by atoms with E-state index in [-0.39, 0.29) is 18.0 Å². The third-order valence-electron chi connectivity index (χ3n) is 3.55. The molecule has 1 amide bonds. The first-order valence-electron chi connectivity index (χ1n) is 7.59. The number of nitrogens with zero attached hydrogens (tertiary/aromatic N) is 5. The summed E-state index contributed by atoms with van der Waals surface area (Å²) in [5, 5.41) is 2.67. The number of hydrogen-bond donors (Lipinski definition) is 1. The molecule has 0 saturated carbocycles. The summed E-state index contributed by atoms with van der Waals surface area (Å²) in [4.78, 5) is 38.3. The van der Waals surface area contributed by atoms with Gasteiger partial charge in [-0.25, -0.2) is 15.0 Å². The van der Waals surface area contributed by atoms with Gasteiger partial charge in [0.2, 0.25) is 11.9 Å². The second-order valence-electron chi connectivity index (χ2n) is 5.42. The summed E-state index contributed by atoms with van der Waals surface area (Å²) >= 11 is 0. The van der Waals surface area contributed by atoms with Crippen LogP contribution in [0.15, 0.2) is 29.6 Å². The van der Waals surface area contributed by atoms with Crippen molar-refractivity contribution in [1.29, 1.82) is 0 Å². The number of anilines is 2. The van der Waals surface area contributed by atoms with Crippen LogP contribution in [-0.4, -0.2) is 51.7 Å². The molecule has 1 saturated heterocycles. The zero-order chi connectivity index (χ0) is 16.9. The SMILES string of the molecule is Cc1cc(=O)n(CC(=O)Nc2cnc(N3CCOCC3)nc2)cn1. The van der Waals surface area contributed by atoms with Crippen molar-refractivity contribution >= 4 is 17.5 Å². The van der Waals surface area contributed by atoms with Crippen LogP contribution in [0.2, 0.25) is 0 Å². The standard InChI is InChI=1S/C15H18N6O3/c1-11-6-14(23)21(10-18-11)9-13(22)19-12-7-16-15(17-8-12)20-2-4-24-5-3-20/h6-8,10H,2-5,9H2,1H3,(H,19,22). The van der Waals surface area contributed by atoms with Gasteiger partial charge in [-0.2, -0.15) is 0 Å². The number of aryl methyl sites for hydroxylation is 1. The smallest absolute Gasteiger partial charge is 0.253 e. The van der Waals surface area contributed by atoms with E-state index < -0.39 is 0 Å². The van der Waals surface area contributed by atoms with E-state index in [2.05, 4.69) is 20.3 Å². The molecule has 3 rings (SSSR count). The monoisotopic (exact) mass is 330 g/mol. The van der Waals surface area contributed by atoms with Gasteiger partial charge in [0.1, 0.15) is 6.54 Å². The largest absolute Gasteiger partial charge is 0.378 e. The fourth-order valence-electron chi connectivity index (χ4n) is 2.30. The molecule has 0 spiro atoms. The number of carbonyl (C=O) groups excluding carboxylic acids is 1. The highest BCUT2D eigenvalue weighted by Crippen LogP contribution is 2.11. The number of aromatic nitrogens is 4. The molecular formula is C15H18N6O3. The maximum Gasteiger partial charge on any atom is 0.253 e. The number of morpholine rings is 1. The summed E-state index contributed by atoms with van der Waals surface area (Å²) in [5.74, 6) is 0.265. The van der Waals surface area contributed by atoms with E-state index in [0.29, 0.717) is 30.5 Å². The van der Waals surface area contributed by atoms with Crippen molar-refractivity contribution in [2.75, 3.05) is 36.5 Å². The van der Waals surface area contributed by atoms with Gasteiger partial charge >= 0.3 is 0 Å². The topological polar surface area (TPSA) is 102 Å². The van der Waals surface area contributed by atoms with Crippen molar-refractivity contribution < 1.29 is 9.53 Å². The molecule has 24 heavy (non-hydrogen) atoms. The molecule has 0 aromatic carbocycles. The average molecular weight is 330 g/mol. The lowest BCUT2D eigenvalue weighted by Gasteiger charge is -2.26. The summed E-state index contributed by atoms with van der Waals surface area (Å²) in [6, 6.07) is 1.38. The molecule has 0 radical (unpaired) electrons. The fraction of sp³-hybridized carbons (Fsp3) is 0.400. The van der Waals surface area contributed by atoms with Gasteiger partial charge < -0.3 is 15.0 Å². The lowest BCUT2D eigenvalue weighted by atomic mass is 10.4. The number of rotatable bonds is 4. The van der Waals surface area contributed by atoms with Crippen LogP contribution in [0.25, 0.3) is 0 Å². The Hall–Kier alpha value is -2.81. The summed E-state index contributed by atoms with van der Waals surface area (Å²) in [7, 11) is 0. The van der Waals surface area contributed by atoms with E-state index in [1.807, 2.05) is 4.90 Å². The molecule has 3 heterocycles. The Balaban J connectivity index is 1.61. The molecule has 2 aromatic heterocycles. The fourth-order valence-corrected chi connectivity index (χ4v) is 2.30. The molecule has 9 nitrogen and oxygen atoms in total. The Morgan fingerprint density at radius 2 is 1.96 bits per heavy atom. The summed E-state index contributed by atoms with van der Waals surface area (Å²) in [6.07, 6.45) is 4.45. The molecule has 2 aromatic rings. The Labute approximate surface area is 138 Å². The van der Waals surface area contributed by atoms with Crippen LogP contribution in [0.3, 0.4) is 0 Å². The van der Waals surface area contributed by atoms with Crippen LogP contribution in [0.4, 0.5) is 11.6 Å². The maximum atomic E-state index is 12.0. The van der Waals surface area contributed by atoms with Gasteiger partial charge in [0.25, 0.3) is 5.56 Å². The molecule has 126 valence electrons. The molecule has 0 atom stereocenters. The van der Waals surface area contributed by atoms with Crippen LogP contribution in [-0.2, 0) is 16.1 Å². The Kier molecular flexibility index (Phi) is 4.80. The number of hydrogen-bond acceptors (Lipinski definition) is 7. The van der Waals surface area contributed by atoms with Crippen molar-refractivity contribution in [2.45, 2.75) is 13.5 Å². The molecule has 0 unspecified atom stereocenters. The van der Waals surface area contributed by atoms with E-state index >= 15 is 0 Å². The van der Waals surface area contributed by atoms with E-state index in [1.165, 1.54) is 17.0 Å². The highest BCUT2D eigenvalue weighted by Gasteiger charge is 2.13. The Bertz CT molecular complexity index is 768. The second-order valence-corrected chi connectivity index (χ2v) is 5.42. The van der Waals surface area contributed by atoms with Crippen molar-refractivity contribution in [1.82, 2.24) is 19.5 Å². The van der Waals surface area contributed by atoms with E-state index in [4.69, 9.17) is 4.74 Å². The summed E-state index contributed by atoms with van der Waals surface area (Å²) < 4.78 is 6.53. The number of ether oxygens (including phenoxy) is 1. The van der Waals surface area contributed by atoms with Crippen LogP contribution in [0.5, 0.6) is 0 Å². The minimum atomic E-state index is -0.342. The van der Waals surface area contributed by atoms with Crippen LogP contribution >= 0.6 is 0 Å². The molecule has 1 aliphatic rings. The predicted octanol–water partition coefficient (Wildman–Crippen LogP) is -0.183. The molecule has 0 aliphatic carbocycles. The van der Waals surface area contributed by atoms with Crippen LogP contribution in [0.1, 0.15) is 5.69 Å². The van der Waals surface area contributed by atoms with E-state index in [0.717, 1.165) is 13.1 Å². The quantitative estimate of drug-likeness (QED) is 0.829. The second kappa shape index (κ2) is 7.18. The van der Waals surface area contributed by atoms with E-state index in [1.54, 1.807) is 19.3 Å². The van der Waals surface area contributed by atoms with E-state index in [9.17, 15) is 9.59 Å². The molecule has 1 N–H and O–H groups in total. The van der Waals surface area contributed by atoms with Gasteiger partial charge in [-0.15, -0.1) is 0 Å². The average Bonchev–Trinajstić information content (AvgIpc) is 2.59. The third-order valence-corrected chi connectivity index (χ3v) is 3.55. The zero-order valence-electron chi connectivity index (χ0n) is 13.3. The molecule has 0 bridgehead atoms. The lowest BCUT2D eigenvalue weighted by Crippen LogP contribution is -2.37. The molecule has 9 heteroatoms. The number of carbonyl (C=O) groups is 1. The molecule has 1 fully saturated rings. The van der Waals surface area contributed by atoms with Gasteiger partial charge in [0.15, 0.2) is 0 Å². The van der Waals surface area contributed by atoms with Crippen molar-refractivity contribution in [3.63, 3.8) is 0 Å². The minimum Gasteiger partial charge on any atom is -0.378 e. The van der Waals surface area contributed by atoms with Crippen LogP contribution in [0, 0.1) is 6.92 Å². The van der Waals surface area contributed by atoms with Gasteiger partial charge in [-0.3, -0.25) is 14.2 Å². The van der Waals surface area contributed by atoms with Gasteiger partial charge in [0.05, 0.1) is 37.6 Å². The first-order chi connectivity index (χ1) is 11.6. The Morgan fingerprint density at radius 3 is 2.62 bits per heavy atom. The summed E-state index contributed by atoms with van der Waals surface area (Å²) in [5.41, 5.74) is 0.824. The van der Waals surface area contributed by atoms with Gasteiger partial charge in [0, 0.05) is 24.8 Å². The van der Waals surface area contributed by atoms with Crippen molar-refractivity contribution in [3.8, 4) is 0 Å². The normalized spacial score (nSPS) is 14.5. The first kappa shape index (κ1) is 16.1. The molecule has 1 aliphatic heterocycles. The maximum absolute atomic E-state index is 12.0. The molecular weight excluding hydrogens is 312 g/mol. The summed E-state index contributed by atoms with van der Waals surface area (Å²) in [6.45, 7) is 4.41. The van der Waals surface area contributed by atoms with Gasteiger partial charge in [-0.1, -0.05) is 0 Å². The first-order valence-corrected chi connectivity index (χ1v) is 7.59. The van der Waals surface area contributed by atoms with Crippen molar-refractivity contribution in [3.05, 3.63) is 40.8 Å². The number of amides is 1. The van der Waals surface area contributed by atoms with Crippen LogP contribution < -0.4 is 15.8 Å². The Morgan fingerprint density at radius 1 is 1.25 bits per heavy atom. The van der Waals surface area contributed by atoms with Gasteiger partial charge in [-0.05, 0) is 6.92 Å². The highest BCUT2D eigenvalue weighted by molar-refractivity contribution is 5.90. The zero-order valence-corrected chi connectivity index (χ0v) is 13.3. The predicted molar refractivity (Wildman–Crippen MR) is 86.9 cm³/mol. The highest BCUT2D eigenvalue weighted by atomic mass is 16.5. The van der Waals surface area contributed by atoms with Crippen molar-refractivity contribution in [2.24, 2.45) is 0 Å². The number of nitrogens with one attached hydrogen (secondary N) is 1.